The Bertz CT molecular complexity index is 919. The number of Topliss-reactive ketones (excluding diaryl/α,β-unsaturated/α-hetero) is 1. The van der Waals surface area contributed by atoms with E-state index in [0.717, 1.165) is 51.6 Å². The van der Waals surface area contributed by atoms with Crippen molar-refractivity contribution in [2.75, 3.05) is 32.8 Å². The molecular weight excluding hydrogens is 442 g/mol. The summed E-state index contributed by atoms with van der Waals surface area (Å²) in [5, 5.41) is 3.08. The number of nitrogens with zero attached hydrogens (tertiary/aromatic N) is 2. The molecule has 3 heterocycles. The Morgan fingerprint density at radius 3 is 2.43 bits per heavy atom. The molecule has 1 aromatic carbocycles. The van der Waals surface area contributed by atoms with Gasteiger partial charge in [-0.25, -0.2) is 0 Å². The van der Waals surface area contributed by atoms with Crippen LogP contribution < -0.4 is 5.32 Å². The molecule has 2 amide bonds. The quantitative estimate of drug-likeness (QED) is 0.647. The van der Waals surface area contributed by atoms with Crippen LogP contribution in [0.2, 0.25) is 0 Å². The monoisotopic (exact) mass is 481 g/mol. The summed E-state index contributed by atoms with van der Waals surface area (Å²) in [6.45, 7) is 6.28. The lowest BCUT2D eigenvalue weighted by atomic mass is 9.89. The van der Waals surface area contributed by atoms with Gasteiger partial charge in [-0.05, 0) is 87.7 Å². The second kappa shape index (κ2) is 10.8. The Hall–Kier alpha value is -2.25. The summed E-state index contributed by atoms with van der Waals surface area (Å²) in [5.74, 6) is 0.322. The Morgan fingerprint density at radius 2 is 1.74 bits per heavy atom. The third-order valence-corrected chi connectivity index (χ3v) is 8.59. The van der Waals surface area contributed by atoms with Gasteiger partial charge in [0, 0.05) is 12.1 Å². The fourth-order valence-corrected chi connectivity index (χ4v) is 6.63. The minimum Gasteiger partial charge on any atom is -0.368 e. The number of ketones is 1. The minimum absolute atomic E-state index is 0.0199. The summed E-state index contributed by atoms with van der Waals surface area (Å²) in [5.41, 5.74) is 1.89. The molecule has 1 aromatic rings. The number of ether oxygens (including phenoxy) is 1. The zero-order chi connectivity index (χ0) is 24.4. The highest BCUT2D eigenvalue weighted by molar-refractivity contribution is 5.99. The number of hydrogen-bond acceptors (Lipinski definition) is 5. The first-order valence-corrected chi connectivity index (χ1v) is 13.6. The van der Waals surface area contributed by atoms with E-state index in [9.17, 15) is 14.4 Å². The molecule has 0 radical (unpaired) electrons. The number of hydrogen-bond donors (Lipinski definition) is 1. The fraction of sp³-hybridized carbons (Fsp3) is 0.679. The van der Waals surface area contributed by atoms with Gasteiger partial charge in [0.05, 0.1) is 6.10 Å². The number of likely N-dealkylation sites (tertiary alicyclic amines) is 2. The maximum absolute atomic E-state index is 13.6. The molecule has 7 heteroatoms. The van der Waals surface area contributed by atoms with Crippen molar-refractivity contribution in [3.63, 3.8) is 0 Å². The third-order valence-electron chi connectivity index (χ3n) is 8.59. The predicted molar refractivity (Wildman–Crippen MR) is 133 cm³/mol. The molecule has 4 aliphatic rings. The van der Waals surface area contributed by atoms with Crippen LogP contribution in [0, 0.1) is 5.92 Å². The zero-order valence-electron chi connectivity index (χ0n) is 20.9. The molecule has 0 unspecified atom stereocenters. The van der Waals surface area contributed by atoms with E-state index < -0.39 is 12.1 Å². The molecule has 0 bridgehead atoms. The number of carbonyl (C=O) groups excluding carboxylic acids is 3. The second-order valence-corrected chi connectivity index (χ2v) is 10.8. The lowest BCUT2D eigenvalue weighted by Gasteiger charge is -2.32. The molecule has 0 spiro atoms. The smallest absolute Gasteiger partial charge is 0.251 e. The molecule has 1 aliphatic carbocycles. The van der Waals surface area contributed by atoms with Crippen LogP contribution in [0.15, 0.2) is 24.3 Å². The number of rotatable bonds is 7. The number of fused-ring (bicyclic) bond motifs is 1. The van der Waals surface area contributed by atoms with Crippen LogP contribution in [0.3, 0.4) is 0 Å². The Morgan fingerprint density at radius 1 is 1.03 bits per heavy atom. The molecule has 3 saturated heterocycles. The van der Waals surface area contributed by atoms with Crippen LogP contribution in [0.1, 0.15) is 80.1 Å². The van der Waals surface area contributed by atoms with Crippen molar-refractivity contribution in [3.8, 4) is 0 Å². The largest absolute Gasteiger partial charge is 0.368 e. The summed E-state index contributed by atoms with van der Waals surface area (Å²) in [7, 11) is 0. The van der Waals surface area contributed by atoms with Gasteiger partial charge < -0.3 is 19.9 Å². The maximum Gasteiger partial charge on any atom is 0.251 e. The van der Waals surface area contributed by atoms with Crippen LogP contribution in [0.4, 0.5) is 0 Å². The van der Waals surface area contributed by atoms with E-state index in [1.165, 1.54) is 18.5 Å². The van der Waals surface area contributed by atoms with Gasteiger partial charge in [-0.15, -0.1) is 0 Å². The molecule has 0 aromatic heterocycles. The first-order chi connectivity index (χ1) is 17.0. The van der Waals surface area contributed by atoms with Crippen molar-refractivity contribution in [3.05, 3.63) is 35.4 Å². The zero-order valence-corrected chi connectivity index (χ0v) is 20.9. The standard InChI is InChI=1S/C28H39N3O4/c1-2-14-30-15-11-20(12-16-30)19-7-9-22(10-8-19)27(33)29-25(21-5-3-4-6-21)28(34)31-17-13-24-26(31)23(32)18-35-24/h7-10,20-21,24-26H,2-6,11-18H2,1H3,(H,29,33)/t24-,25+,26-/m1/s1. The molecule has 5 rings (SSSR count). The van der Waals surface area contributed by atoms with Crippen molar-refractivity contribution in [1.82, 2.24) is 15.1 Å². The van der Waals surface area contributed by atoms with E-state index in [-0.39, 0.29) is 36.2 Å². The Labute approximate surface area is 208 Å². The van der Waals surface area contributed by atoms with E-state index in [1.807, 2.05) is 12.1 Å². The molecule has 35 heavy (non-hydrogen) atoms. The van der Waals surface area contributed by atoms with Crippen molar-refractivity contribution < 1.29 is 19.1 Å². The van der Waals surface area contributed by atoms with Crippen LogP contribution >= 0.6 is 0 Å². The van der Waals surface area contributed by atoms with Crippen LogP contribution in [0.5, 0.6) is 0 Å². The number of amides is 2. The van der Waals surface area contributed by atoms with Crippen molar-refractivity contribution in [2.45, 2.75) is 82.4 Å². The molecule has 190 valence electrons. The molecule has 1 saturated carbocycles. The number of benzene rings is 1. The lowest BCUT2D eigenvalue weighted by molar-refractivity contribution is -0.139. The van der Waals surface area contributed by atoms with E-state index in [2.05, 4.69) is 29.3 Å². The molecule has 4 fully saturated rings. The Balaban J connectivity index is 1.25. The molecular formula is C28H39N3O4. The summed E-state index contributed by atoms with van der Waals surface area (Å²) < 4.78 is 5.57. The molecule has 7 nitrogen and oxygen atoms in total. The first kappa shape index (κ1) is 24.4. The SMILES string of the molecule is CCCN1CCC(c2ccc(C(=O)N[C@H](C(=O)N3CC[C@H]4OCC(=O)[C@H]43)C3CCCC3)cc2)CC1. The number of nitrogens with one attached hydrogen (secondary N) is 1. The summed E-state index contributed by atoms with van der Waals surface area (Å²) in [4.78, 5) is 43.4. The van der Waals surface area contributed by atoms with Crippen LogP contribution in [-0.4, -0.2) is 78.4 Å². The van der Waals surface area contributed by atoms with Crippen molar-refractivity contribution in [1.29, 1.82) is 0 Å². The summed E-state index contributed by atoms with van der Waals surface area (Å²) in [6, 6.07) is 6.91. The third kappa shape index (κ3) is 5.17. The Kier molecular flexibility index (Phi) is 7.54. The van der Waals surface area contributed by atoms with E-state index in [1.54, 1.807) is 4.90 Å². The number of carbonyl (C=O) groups is 3. The van der Waals surface area contributed by atoms with Crippen LogP contribution in [0.25, 0.3) is 0 Å². The first-order valence-electron chi connectivity index (χ1n) is 13.6. The fourth-order valence-electron chi connectivity index (χ4n) is 6.63. The maximum atomic E-state index is 13.6. The minimum atomic E-state index is -0.584. The van der Waals surface area contributed by atoms with Crippen LogP contribution in [-0.2, 0) is 14.3 Å². The van der Waals surface area contributed by atoms with Crippen molar-refractivity contribution in [2.24, 2.45) is 5.92 Å². The summed E-state index contributed by atoms with van der Waals surface area (Å²) in [6.07, 6.45) is 8.02. The van der Waals surface area contributed by atoms with Gasteiger partial charge in [0.1, 0.15) is 18.7 Å². The van der Waals surface area contributed by atoms with Gasteiger partial charge in [-0.2, -0.15) is 0 Å². The number of piperidine rings is 1. The van der Waals surface area contributed by atoms with Gasteiger partial charge in [-0.1, -0.05) is 31.9 Å². The van der Waals surface area contributed by atoms with E-state index >= 15 is 0 Å². The van der Waals surface area contributed by atoms with E-state index in [0.29, 0.717) is 24.4 Å². The average molecular weight is 482 g/mol. The topological polar surface area (TPSA) is 79.0 Å². The summed E-state index contributed by atoms with van der Waals surface area (Å²) >= 11 is 0. The second-order valence-electron chi connectivity index (χ2n) is 10.8. The highest BCUT2D eigenvalue weighted by atomic mass is 16.5. The van der Waals surface area contributed by atoms with Gasteiger partial charge in [-0.3, -0.25) is 14.4 Å². The van der Waals surface area contributed by atoms with Gasteiger partial charge in [0.2, 0.25) is 5.91 Å². The lowest BCUT2D eigenvalue weighted by Crippen LogP contribution is -2.54. The van der Waals surface area contributed by atoms with Crippen molar-refractivity contribution >= 4 is 17.6 Å². The highest BCUT2D eigenvalue weighted by Gasteiger charge is 2.49. The van der Waals surface area contributed by atoms with E-state index in [4.69, 9.17) is 4.74 Å². The van der Waals surface area contributed by atoms with Gasteiger partial charge >= 0.3 is 0 Å². The highest BCUT2D eigenvalue weighted by Crippen LogP contribution is 2.33. The average Bonchev–Trinajstić information content (AvgIpc) is 3.63. The van der Waals surface area contributed by atoms with Gasteiger partial charge in [0.15, 0.2) is 5.78 Å². The molecule has 3 aliphatic heterocycles. The normalized spacial score (nSPS) is 26.8. The predicted octanol–water partition coefficient (Wildman–Crippen LogP) is 3.13. The molecule has 3 atom stereocenters. The van der Waals surface area contributed by atoms with Gasteiger partial charge in [0.25, 0.3) is 5.91 Å². The molecule has 1 N–H and O–H groups in total.